The van der Waals surface area contributed by atoms with Gasteiger partial charge >= 0.3 is 0 Å². The van der Waals surface area contributed by atoms with Gasteiger partial charge in [0.2, 0.25) is 0 Å². The van der Waals surface area contributed by atoms with E-state index >= 15 is 0 Å². The van der Waals surface area contributed by atoms with Crippen LogP contribution in [-0.4, -0.2) is 16.6 Å². The molecule has 1 unspecified atom stereocenters. The van der Waals surface area contributed by atoms with Crippen molar-refractivity contribution in [3.05, 3.63) is 42.1 Å². The molecule has 1 atom stereocenters. The zero-order chi connectivity index (χ0) is 11.9. The molecule has 3 nitrogen and oxygen atoms in total. The van der Waals surface area contributed by atoms with E-state index in [0.29, 0.717) is 5.92 Å². The molecule has 3 heteroatoms. The standard InChI is InChI=1S/C14H16N2O/c15-9-14(17,11-5-6-11)12-7-10-3-1-2-4-13(10)16-8-12/h1-4,7-8,11,17H,5-6,9,15H2. The van der Waals surface area contributed by atoms with Gasteiger partial charge < -0.3 is 10.8 Å². The lowest BCUT2D eigenvalue weighted by Crippen LogP contribution is -2.37. The highest BCUT2D eigenvalue weighted by atomic mass is 16.3. The van der Waals surface area contributed by atoms with Crippen LogP contribution in [0.4, 0.5) is 0 Å². The van der Waals surface area contributed by atoms with Crippen LogP contribution in [0, 0.1) is 5.92 Å². The monoisotopic (exact) mass is 228 g/mol. The molecule has 1 heterocycles. The summed E-state index contributed by atoms with van der Waals surface area (Å²) in [6.45, 7) is 0.262. The Bertz CT molecular complexity index is 551. The number of para-hydroxylation sites is 1. The summed E-state index contributed by atoms with van der Waals surface area (Å²) in [5.41, 5.74) is 6.65. The number of benzene rings is 1. The average Bonchev–Trinajstić information content (AvgIpc) is 3.22. The minimum atomic E-state index is -0.892. The van der Waals surface area contributed by atoms with Crippen LogP contribution in [0.25, 0.3) is 10.9 Å². The first kappa shape index (κ1) is 10.7. The van der Waals surface area contributed by atoms with Crippen LogP contribution in [0.3, 0.4) is 0 Å². The molecule has 1 aromatic carbocycles. The molecule has 0 saturated heterocycles. The van der Waals surface area contributed by atoms with Gasteiger partial charge in [0.25, 0.3) is 0 Å². The number of aromatic nitrogens is 1. The summed E-state index contributed by atoms with van der Waals surface area (Å²) in [6.07, 6.45) is 3.87. The highest BCUT2D eigenvalue weighted by molar-refractivity contribution is 5.78. The number of pyridine rings is 1. The molecule has 0 spiro atoms. The van der Waals surface area contributed by atoms with E-state index in [-0.39, 0.29) is 6.54 Å². The van der Waals surface area contributed by atoms with E-state index in [1.807, 2.05) is 30.3 Å². The Hall–Kier alpha value is -1.45. The summed E-state index contributed by atoms with van der Waals surface area (Å²) in [5.74, 6) is 0.301. The highest BCUT2D eigenvalue weighted by Gasteiger charge is 2.44. The molecule has 17 heavy (non-hydrogen) atoms. The first-order valence-electron chi connectivity index (χ1n) is 6.02. The van der Waals surface area contributed by atoms with E-state index in [0.717, 1.165) is 29.3 Å². The Morgan fingerprint density at radius 2 is 2.12 bits per heavy atom. The molecule has 1 fully saturated rings. The second-order valence-corrected chi connectivity index (χ2v) is 4.82. The van der Waals surface area contributed by atoms with Crippen molar-refractivity contribution in [3.63, 3.8) is 0 Å². The van der Waals surface area contributed by atoms with Crippen LogP contribution in [0.15, 0.2) is 36.5 Å². The first-order chi connectivity index (χ1) is 8.24. The Morgan fingerprint density at radius 3 is 2.82 bits per heavy atom. The minimum Gasteiger partial charge on any atom is -0.383 e. The van der Waals surface area contributed by atoms with Gasteiger partial charge in [-0.2, -0.15) is 0 Å². The maximum atomic E-state index is 10.6. The molecule has 1 aliphatic rings. The lowest BCUT2D eigenvalue weighted by Gasteiger charge is -2.26. The molecule has 0 aliphatic heterocycles. The number of rotatable bonds is 3. The predicted molar refractivity (Wildman–Crippen MR) is 67.4 cm³/mol. The van der Waals surface area contributed by atoms with Crippen molar-refractivity contribution in [2.45, 2.75) is 18.4 Å². The number of nitrogens with zero attached hydrogens (tertiary/aromatic N) is 1. The molecule has 1 saturated carbocycles. The highest BCUT2D eigenvalue weighted by Crippen LogP contribution is 2.45. The number of hydrogen-bond acceptors (Lipinski definition) is 3. The van der Waals surface area contributed by atoms with Crippen molar-refractivity contribution in [2.24, 2.45) is 11.7 Å². The van der Waals surface area contributed by atoms with Crippen LogP contribution < -0.4 is 5.73 Å². The smallest absolute Gasteiger partial charge is 0.106 e. The van der Waals surface area contributed by atoms with Crippen LogP contribution >= 0.6 is 0 Å². The summed E-state index contributed by atoms with van der Waals surface area (Å²) < 4.78 is 0. The van der Waals surface area contributed by atoms with Gasteiger partial charge in [-0.15, -0.1) is 0 Å². The first-order valence-corrected chi connectivity index (χ1v) is 6.02. The molecule has 1 aromatic heterocycles. The largest absolute Gasteiger partial charge is 0.383 e. The molecule has 2 aromatic rings. The average molecular weight is 228 g/mol. The normalized spacial score (nSPS) is 19.2. The number of aliphatic hydroxyl groups is 1. The maximum Gasteiger partial charge on any atom is 0.106 e. The Labute approximate surface area is 100 Å². The van der Waals surface area contributed by atoms with Gasteiger partial charge in [-0.25, -0.2) is 0 Å². The molecule has 0 amide bonds. The fourth-order valence-electron chi connectivity index (χ4n) is 2.39. The number of nitrogens with two attached hydrogens (primary N) is 1. The molecule has 3 N–H and O–H groups in total. The fraction of sp³-hybridized carbons (Fsp3) is 0.357. The Balaban J connectivity index is 2.10. The summed E-state index contributed by atoms with van der Waals surface area (Å²) in [4.78, 5) is 4.39. The quantitative estimate of drug-likeness (QED) is 0.842. The van der Waals surface area contributed by atoms with Gasteiger partial charge in [0.05, 0.1) is 5.52 Å². The third kappa shape index (κ3) is 1.72. The molecule has 1 aliphatic carbocycles. The second-order valence-electron chi connectivity index (χ2n) is 4.82. The van der Waals surface area contributed by atoms with Crippen LogP contribution in [0.1, 0.15) is 18.4 Å². The van der Waals surface area contributed by atoms with Crippen molar-refractivity contribution < 1.29 is 5.11 Å². The van der Waals surface area contributed by atoms with Crippen molar-refractivity contribution in [2.75, 3.05) is 6.54 Å². The van der Waals surface area contributed by atoms with Crippen LogP contribution in [0.2, 0.25) is 0 Å². The van der Waals surface area contributed by atoms with Gasteiger partial charge in [0, 0.05) is 23.7 Å². The fourth-order valence-corrected chi connectivity index (χ4v) is 2.39. The summed E-state index contributed by atoms with van der Waals surface area (Å²) in [7, 11) is 0. The topological polar surface area (TPSA) is 59.1 Å². The van der Waals surface area contributed by atoms with Gasteiger partial charge in [0.1, 0.15) is 5.60 Å². The van der Waals surface area contributed by atoms with Crippen LogP contribution in [0.5, 0.6) is 0 Å². The molecular weight excluding hydrogens is 212 g/mol. The molecule has 0 bridgehead atoms. The lowest BCUT2D eigenvalue weighted by molar-refractivity contribution is 0.0220. The van der Waals surface area contributed by atoms with Gasteiger partial charge in [-0.05, 0) is 30.9 Å². The van der Waals surface area contributed by atoms with Crippen molar-refractivity contribution in [1.82, 2.24) is 4.98 Å². The zero-order valence-electron chi connectivity index (χ0n) is 9.63. The van der Waals surface area contributed by atoms with E-state index in [1.165, 1.54) is 0 Å². The van der Waals surface area contributed by atoms with Gasteiger partial charge in [-0.1, -0.05) is 18.2 Å². The van der Waals surface area contributed by atoms with Crippen molar-refractivity contribution >= 4 is 10.9 Å². The third-order valence-electron chi connectivity index (χ3n) is 3.65. The summed E-state index contributed by atoms with van der Waals surface area (Å²) >= 11 is 0. The summed E-state index contributed by atoms with van der Waals surface area (Å²) in [6, 6.07) is 9.93. The van der Waals surface area contributed by atoms with Gasteiger partial charge in [-0.3, -0.25) is 4.98 Å². The number of hydrogen-bond donors (Lipinski definition) is 2. The zero-order valence-corrected chi connectivity index (χ0v) is 9.63. The SMILES string of the molecule is NCC(O)(c1cnc2ccccc2c1)C1CC1. The van der Waals surface area contributed by atoms with E-state index in [4.69, 9.17) is 5.73 Å². The molecule has 3 rings (SSSR count). The summed E-state index contributed by atoms with van der Waals surface area (Å²) in [5, 5.41) is 11.7. The second kappa shape index (κ2) is 3.79. The van der Waals surface area contributed by atoms with Crippen LogP contribution in [-0.2, 0) is 5.60 Å². The third-order valence-corrected chi connectivity index (χ3v) is 3.65. The van der Waals surface area contributed by atoms with E-state index < -0.39 is 5.60 Å². The number of fused-ring (bicyclic) bond motifs is 1. The maximum absolute atomic E-state index is 10.6. The molecule has 88 valence electrons. The lowest BCUT2D eigenvalue weighted by atomic mass is 9.89. The molecular formula is C14H16N2O. The van der Waals surface area contributed by atoms with E-state index in [2.05, 4.69) is 4.98 Å². The van der Waals surface area contributed by atoms with Crippen molar-refractivity contribution in [3.8, 4) is 0 Å². The Kier molecular flexibility index (Phi) is 2.38. The van der Waals surface area contributed by atoms with Gasteiger partial charge in [0.15, 0.2) is 0 Å². The van der Waals surface area contributed by atoms with E-state index in [1.54, 1.807) is 6.20 Å². The van der Waals surface area contributed by atoms with E-state index in [9.17, 15) is 5.11 Å². The Morgan fingerprint density at radius 1 is 1.35 bits per heavy atom. The van der Waals surface area contributed by atoms with Crippen molar-refractivity contribution in [1.29, 1.82) is 0 Å². The minimum absolute atomic E-state index is 0.262. The molecule has 0 radical (unpaired) electrons. The predicted octanol–water partition coefficient (Wildman–Crippen LogP) is 1.79.